The standard InChI is InChI=1S/C8H18N2O2/c1-3-7(9)4-8(12)10-5-6(2)11/h6-7,11H,3-5,9H2,1-2H3,(H,10,12)/t6-,7?/m0/s1. The van der Waals surface area contributed by atoms with Crippen molar-refractivity contribution < 1.29 is 9.90 Å². The van der Waals surface area contributed by atoms with Crippen LogP contribution < -0.4 is 11.1 Å². The Morgan fingerprint density at radius 3 is 2.67 bits per heavy atom. The van der Waals surface area contributed by atoms with E-state index in [2.05, 4.69) is 5.32 Å². The maximum Gasteiger partial charge on any atom is 0.221 e. The van der Waals surface area contributed by atoms with Gasteiger partial charge in [0.25, 0.3) is 0 Å². The third-order valence-electron chi connectivity index (χ3n) is 1.57. The molecule has 0 aromatic rings. The highest BCUT2D eigenvalue weighted by Gasteiger charge is 2.07. The zero-order valence-electron chi connectivity index (χ0n) is 7.71. The Labute approximate surface area is 73.1 Å². The molecule has 1 amide bonds. The van der Waals surface area contributed by atoms with E-state index in [1.165, 1.54) is 0 Å². The van der Waals surface area contributed by atoms with Crippen LogP contribution >= 0.6 is 0 Å². The minimum atomic E-state index is -0.494. The van der Waals surface area contributed by atoms with Crippen LogP contribution in [0.5, 0.6) is 0 Å². The van der Waals surface area contributed by atoms with E-state index in [-0.39, 0.29) is 11.9 Å². The first-order chi connectivity index (χ1) is 5.56. The van der Waals surface area contributed by atoms with Gasteiger partial charge in [-0.15, -0.1) is 0 Å². The molecule has 0 aliphatic heterocycles. The van der Waals surface area contributed by atoms with Crippen LogP contribution in [0.4, 0.5) is 0 Å². The van der Waals surface area contributed by atoms with E-state index in [4.69, 9.17) is 10.8 Å². The summed E-state index contributed by atoms with van der Waals surface area (Å²) in [6, 6.07) is -0.0704. The molecule has 0 saturated heterocycles. The van der Waals surface area contributed by atoms with Crippen molar-refractivity contribution in [2.24, 2.45) is 5.73 Å². The molecule has 0 bridgehead atoms. The fourth-order valence-corrected chi connectivity index (χ4v) is 0.716. The van der Waals surface area contributed by atoms with Gasteiger partial charge in [0.05, 0.1) is 6.10 Å². The molecular weight excluding hydrogens is 156 g/mol. The molecule has 0 saturated carbocycles. The number of aliphatic hydroxyl groups is 1. The first-order valence-electron chi connectivity index (χ1n) is 4.26. The number of carbonyl (C=O) groups excluding carboxylic acids is 1. The van der Waals surface area contributed by atoms with Crippen molar-refractivity contribution in [3.8, 4) is 0 Å². The highest BCUT2D eigenvalue weighted by molar-refractivity contribution is 5.76. The van der Waals surface area contributed by atoms with Gasteiger partial charge in [0, 0.05) is 19.0 Å². The van der Waals surface area contributed by atoms with E-state index in [1.807, 2.05) is 6.92 Å². The van der Waals surface area contributed by atoms with E-state index in [0.29, 0.717) is 13.0 Å². The van der Waals surface area contributed by atoms with Crippen LogP contribution in [0.25, 0.3) is 0 Å². The second kappa shape index (κ2) is 5.97. The van der Waals surface area contributed by atoms with Crippen molar-refractivity contribution in [1.82, 2.24) is 5.32 Å². The van der Waals surface area contributed by atoms with Gasteiger partial charge < -0.3 is 16.2 Å². The van der Waals surface area contributed by atoms with Crippen LogP contribution in [-0.4, -0.2) is 29.7 Å². The van der Waals surface area contributed by atoms with Crippen LogP contribution in [0, 0.1) is 0 Å². The molecule has 0 heterocycles. The van der Waals surface area contributed by atoms with Gasteiger partial charge in [-0.1, -0.05) is 6.92 Å². The number of amides is 1. The summed E-state index contributed by atoms with van der Waals surface area (Å²) in [6.07, 6.45) is 0.637. The summed E-state index contributed by atoms with van der Waals surface area (Å²) in [5.41, 5.74) is 5.56. The van der Waals surface area contributed by atoms with Crippen LogP contribution in [0.2, 0.25) is 0 Å². The number of rotatable bonds is 5. The zero-order valence-corrected chi connectivity index (χ0v) is 7.71. The predicted molar refractivity (Wildman–Crippen MR) is 47.6 cm³/mol. The highest BCUT2D eigenvalue weighted by Crippen LogP contribution is 1.92. The lowest BCUT2D eigenvalue weighted by molar-refractivity contribution is -0.121. The first-order valence-corrected chi connectivity index (χ1v) is 4.26. The van der Waals surface area contributed by atoms with Crippen molar-refractivity contribution >= 4 is 5.91 Å². The lowest BCUT2D eigenvalue weighted by Crippen LogP contribution is -2.34. The number of hydrogen-bond acceptors (Lipinski definition) is 3. The Bertz CT molecular complexity index is 137. The normalized spacial score (nSPS) is 15.3. The van der Waals surface area contributed by atoms with Gasteiger partial charge in [0.15, 0.2) is 0 Å². The largest absolute Gasteiger partial charge is 0.392 e. The molecule has 0 aliphatic rings. The van der Waals surface area contributed by atoms with Crippen molar-refractivity contribution in [3.05, 3.63) is 0 Å². The Morgan fingerprint density at radius 2 is 2.25 bits per heavy atom. The molecule has 0 fully saturated rings. The molecule has 4 nitrogen and oxygen atoms in total. The summed E-state index contributed by atoms with van der Waals surface area (Å²) >= 11 is 0. The van der Waals surface area contributed by atoms with Gasteiger partial charge >= 0.3 is 0 Å². The average molecular weight is 174 g/mol. The quantitative estimate of drug-likeness (QED) is 0.531. The van der Waals surface area contributed by atoms with E-state index < -0.39 is 6.10 Å². The molecular formula is C8H18N2O2. The summed E-state index contributed by atoms with van der Waals surface area (Å²) in [4.78, 5) is 11.0. The molecule has 72 valence electrons. The summed E-state index contributed by atoms with van der Waals surface area (Å²) in [5, 5.41) is 11.4. The predicted octanol–water partition coefficient (Wildman–Crippen LogP) is -0.389. The lowest BCUT2D eigenvalue weighted by Gasteiger charge is -2.10. The number of aliphatic hydroxyl groups excluding tert-OH is 1. The molecule has 1 unspecified atom stereocenters. The second-order valence-electron chi connectivity index (χ2n) is 3.03. The molecule has 0 radical (unpaired) electrons. The average Bonchev–Trinajstić information content (AvgIpc) is 2.00. The third kappa shape index (κ3) is 6.12. The van der Waals surface area contributed by atoms with E-state index in [0.717, 1.165) is 6.42 Å². The Morgan fingerprint density at radius 1 is 1.67 bits per heavy atom. The molecule has 0 aromatic carbocycles. The minimum absolute atomic E-state index is 0.0704. The van der Waals surface area contributed by atoms with Crippen molar-refractivity contribution in [3.63, 3.8) is 0 Å². The van der Waals surface area contributed by atoms with Crippen molar-refractivity contribution in [2.75, 3.05) is 6.54 Å². The smallest absolute Gasteiger partial charge is 0.221 e. The molecule has 4 heteroatoms. The minimum Gasteiger partial charge on any atom is -0.392 e. The summed E-state index contributed by atoms with van der Waals surface area (Å²) < 4.78 is 0. The molecule has 0 rings (SSSR count). The molecule has 2 atom stereocenters. The van der Waals surface area contributed by atoms with Crippen LogP contribution in [0.3, 0.4) is 0 Å². The SMILES string of the molecule is CCC(N)CC(=O)NC[C@H](C)O. The van der Waals surface area contributed by atoms with Gasteiger partial charge in [0.1, 0.15) is 0 Å². The van der Waals surface area contributed by atoms with Crippen LogP contribution in [-0.2, 0) is 4.79 Å². The lowest BCUT2D eigenvalue weighted by atomic mass is 10.1. The molecule has 4 N–H and O–H groups in total. The van der Waals surface area contributed by atoms with Crippen LogP contribution in [0.15, 0.2) is 0 Å². The van der Waals surface area contributed by atoms with E-state index >= 15 is 0 Å². The Kier molecular flexibility index (Phi) is 5.66. The zero-order chi connectivity index (χ0) is 9.56. The monoisotopic (exact) mass is 174 g/mol. The van der Waals surface area contributed by atoms with E-state index in [9.17, 15) is 4.79 Å². The number of hydrogen-bond donors (Lipinski definition) is 3. The van der Waals surface area contributed by atoms with Crippen LogP contribution in [0.1, 0.15) is 26.7 Å². The maximum absolute atomic E-state index is 11.0. The van der Waals surface area contributed by atoms with Crippen molar-refractivity contribution in [2.45, 2.75) is 38.8 Å². The number of nitrogens with one attached hydrogen (secondary N) is 1. The topological polar surface area (TPSA) is 75.4 Å². The molecule has 0 aliphatic carbocycles. The molecule has 12 heavy (non-hydrogen) atoms. The maximum atomic E-state index is 11.0. The number of nitrogens with two attached hydrogens (primary N) is 1. The summed E-state index contributed by atoms with van der Waals surface area (Å²) in [6.45, 7) is 3.86. The van der Waals surface area contributed by atoms with Gasteiger partial charge in [0.2, 0.25) is 5.91 Å². The van der Waals surface area contributed by atoms with Gasteiger partial charge in [-0.25, -0.2) is 0 Å². The highest BCUT2D eigenvalue weighted by atomic mass is 16.3. The third-order valence-corrected chi connectivity index (χ3v) is 1.57. The fraction of sp³-hybridized carbons (Fsp3) is 0.875. The van der Waals surface area contributed by atoms with Gasteiger partial charge in [-0.2, -0.15) is 0 Å². The summed E-state index contributed by atoms with van der Waals surface area (Å²) in [5.74, 6) is -0.0924. The fourth-order valence-electron chi connectivity index (χ4n) is 0.716. The van der Waals surface area contributed by atoms with E-state index in [1.54, 1.807) is 6.92 Å². The first kappa shape index (κ1) is 11.4. The van der Waals surface area contributed by atoms with Gasteiger partial charge in [-0.05, 0) is 13.3 Å². The summed E-state index contributed by atoms with van der Waals surface area (Å²) in [7, 11) is 0. The molecule has 0 spiro atoms. The molecule has 0 aromatic heterocycles. The Hall–Kier alpha value is -0.610. The van der Waals surface area contributed by atoms with Crippen molar-refractivity contribution in [1.29, 1.82) is 0 Å². The Balaban J connectivity index is 3.46. The van der Waals surface area contributed by atoms with Gasteiger partial charge in [-0.3, -0.25) is 4.79 Å². The number of carbonyl (C=O) groups is 1. The second-order valence-corrected chi connectivity index (χ2v) is 3.03.